The largest absolute Gasteiger partial charge is 0.315 e. The van der Waals surface area contributed by atoms with Crippen molar-refractivity contribution >= 4 is 0 Å². The highest BCUT2D eigenvalue weighted by Gasteiger charge is 2.15. The molecule has 0 saturated carbocycles. The minimum Gasteiger partial charge on any atom is -0.315 e. The van der Waals surface area contributed by atoms with Crippen molar-refractivity contribution in [3.63, 3.8) is 0 Å². The maximum atomic E-state index is 4.46. The fourth-order valence-corrected chi connectivity index (χ4v) is 1.54. The second-order valence-electron chi connectivity index (χ2n) is 4.06. The monoisotopic (exact) mass is 195 g/mol. The lowest BCUT2D eigenvalue weighted by Crippen LogP contribution is -2.29. The molecule has 0 bridgehead atoms. The molecule has 0 saturated heterocycles. The van der Waals surface area contributed by atoms with E-state index in [4.69, 9.17) is 0 Å². The lowest BCUT2D eigenvalue weighted by Gasteiger charge is -2.21. The highest BCUT2D eigenvalue weighted by molar-refractivity contribution is 4.96. The molecular weight excluding hydrogens is 174 g/mol. The molecule has 1 aromatic rings. The number of rotatable bonds is 5. The molecule has 80 valence electrons. The molecule has 0 radical (unpaired) electrons. The van der Waals surface area contributed by atoms with Crippen molar-refractivity contribution in [3.05, 3.63) is 18.0 Å². The Kier molecular flexibility index (Phi) is 4.14. The van der Waals surface area contributed by atoms with Gasteiger partial charge in [-0.2, -0.15) is 5.10 Å². The maximum Gasteiger partial charge on any atom is 0.0666 e. The first-order valence-electron chi connectivity index (χ1n) is 5.37. The van der Waals surface area contributed by atoms with Crippen molar-refractivity contribution < 1.29 is 0 Å². The van der Waals surface area contributed by atoms with E-state index in [2.05, 4.69) is 48.1 Å². The first-order valence-corrected chi connectivity index (χ1v) is 5.37. The van der Waals surface area contributed by atoms with Crippen molar-refractivity contribution in [1.82, 2.24) is 15.1 Å². The summed E-state index contributed by atoms with van der Waals surface area (Å²) in [6, 6.07) is 2.52. The van der Waals surface area contributed by atoms with Crippen molar-refractivity contribution in [2.45, 2.75) is 33.7 Å². The molecule has 0 aliphatic heterocycles. The molecule has 1 rings (SSSR count). The van der Waals surface area contributed by atoms with Gasteiger partial charge in [0, 0.05) is 12.7 Å². The summed E-state index contributed by atoms with van der Waals surface area (Å²) in [7, 11) is 0. The lowest BCUT2D eigenvalue weighted by atomic mass is 10.1. The van der Waals surface area contributed by atoms with E-state index < -0.39 is 0 Å². The van der Waals surface area contributed by atoms with Crippen LogP contribution in [0.1, 0.15) is 32.5 Å². The van der Waals surface area contributed by atoms with Crippen LogP contribution in [0.5, 0.6) is 0 Å². The Bertz CT molecular complexity index is 265. The Morgan fingerprint density at radius 1 is 1.50 bits per heavy atom. The maximum absolute atomic E-state index is 4.46. The van der Waals surface area contributed by atoms with Crippen LogP contribution in [-0.4, -0.2) is 22.9 Å². The van der Waals surface area contributed by atoms with E-state index in [9.17, 15) is 0 Å². The molecule has 0 aliphatic rings. The fourth-order valence-electron chi connectivity index (χ4n) is 1.54. The summed E-state index contributed by atoms with van der Waals surface area (Å²) in [4.78, 5) is 0. The smallest absolute Gasteiger partial charge is 0.0666 e. The molecule has 0 spiro atoms. The lowest BCUT2D eigenvalue weighted by molar-refractivity contribution is 0.331. The average molecular weight is 195 g/mol. The van der Waals surface area contributed by atoms with Crippen LogP contribution in [0.4, 0.5) is 0 Å². The highest BCUT2D eigenvalue weighted by atomic mass is 15.3. The number of likely N-dealkylation sites (N-methyl/N-ethyl adjacent to an activating group) is 1. The summed E-state index contributed by atoms with van der Waals surface area (Å²) >= 11 is 0. The normalized spacial score (nSPS) is 13.5. The van der Waals surface area contributed by atoms with Gasteiger partial charge in [0.2, 0.25) is 0 Å². The van der Waals surface area contributed by atoms with Crippen LogP contribution in [0.2, 0.25) is 0 Å². The van der Waals surface area contributed by atoms with Crippen molar-refractivity contribution in [3.8, 4) is 0 Å². The van der Waals surface area contributed by atoms with Gasteiger partial charge in [0.05, 0.1) is 11.7 Å². The van der Waals surface area contributed by atoms with Crippen LogP contribution in [0.15, 0.2) is 12.3 Å². The summed E-state index contributed by atoms with van der Waals surface area (Å²) in [5, 5.41) is 7.84. The molecule has 1 aromatic heterocycles. The summed E-state index contributed by atoms with van der Waals surface area (Å²) in [6.07, 6.45) is 2.07. The van der Waals surface area contributed by atoms with E-state index in [1.54, 1.807) is 0 Å². The van der Waals surface area contributed by atoms with Gasteiger partial charge in [0.15, 0.2) is 0 Å². The van der Waals surface area contributed by atoms with E-state index in [-0.39, 0.29) is 0 Å². The Hall–Kier alpha value is -0.830. The second-order valence-corrected chi connectivity index (χ2v) is 4.06. The summed E-state index contributed by atoms with van der Waals surface area (Å²) in [6.45, 7) is 10.6. The van der Waals surface area contributed by atoms with Crippen molar-refractivity contribution in [1.29, 1.82) is 0 Å². The first-order chi connectivity index (χ1) is 6.65. The second kappa shape index (κ2) is 5.15. The quantitative estimate of drug-likeness (QED) is 0.778. The molecule has 0 fully saturated rings. The zero-order valence-electron chi connectivity index (χ0n) is 9.62. The Balaban J connectivity index is 2.67. The minimum atomic E-state index is 0.462. The fraction of sp³-hybridized carbons (Fsp3) is 0.727. The van der Waals surface area contributed by atoms with Gasteiger partial charge < -0.3 is 5.32 Å². The molecule has 0 aliphatic carbocycles. The third-order valence-electron chi connectivity index (χ3n) is 2.45. The first kappa shape index (κ1) is 11.2. The van der Waals surface area contributed by atoms with E-state index in [0.717, 1.165) is 18.8 Å². The molecule has 0 amide bonds. The molecule has 1 unspecified atom stereocenters. The van der Waals surface area contributed by atoms with E-state index in [0.29, 0.717) is 12.0 Å². The third-order valence-corrected chi connectivity index (χ3v) is 2.45. The molecule has 3 nitrogen and oxygen atoms in total. The number of hydrogen-bond donors (Lipinski definition) is 1. The summed E-state index contributed by atoms with van der Waals surface area (Å²) in [5.74, 6) is 0.605. The van der Waals surface area contributed by atoms with Gasteiger partial charge >= 0.3 is 0 Å². The molecular formula is C11H21N3. The van der Waals surface area contributed by atoms with Gasteiger partial charge in [-0.15, -0.1) is 0 Å². The predicted octanol–water partition coefficient (Wildman–Crippen LogP) is 2.00. The molecule has 14 heavy (non-hydrogen) atoms. The third kappa shape index (κ3) is 2.84. The molecule has 0 aromatic carbocycles. The van der Waals surface area contributed by atoms with Crippen LogP contribution >= 0.6 is 0 Å². The summed E-state index contributed by atoms with van der Waals surface area (Å²) < 4.78 is 2.07. The number of aryl methyl sites for hydroxylation is 1. The number of nitrogens with one attached hydrogen (secondary N) is 1. The van der Waals surface area contributed by atoms with Gasteiger partial charge in [0.1, 0.15) is 0 Å². The number of aromatic nitrogens is 2. The van der Waals surface area contributed by atoms with Gasteiger partial charge in [0.25, 0.3) is 0 Å². The standard InChI is InChI=1S/C11H21N3/c1-5-12-8-11(9(2)3)14-7-6-10(4)13-14/h6-7,9,11-12H,5,8H2,1-4H3. The van der Waals surface area contributed by atoms with E-state index >= 15 is 0 Å². The van der Waals surface area contributed by atoms with Crippen molar-refractivity contribution in [2.75, 3.05) is 13.1 Å². The van der Waals surface area contributed by atoms with Crippen molar-refractivity contribution in [2.24, 2.45) is 5.92 Å². The average Bonchev–Trinajstić information content (AvgIpc) is 2.52. The molecule has 1 atom stereocenters. The van der Waals surface area contributed by atoms with Crippen LogP contribution in [0.25, 0.3) is 0 Å². The number of hydrogen-bond acceptors (Lipinski definition) is 2. The molecule has 1 N–H and O–H groups in total. The predicted molar refractivity (Wildman–Crippen MR) is 59.4 cm³/mol. The Morgan fingerprint density at radius 2 is 2.21 bits per heavy atom. The number of nitrogens with zero attached hydrogens (tertiary/aromatic N) is 2. The van der Waals surface area contributed by atoms with Gasteiger partial charge in [-0.3, -0.25) is 4.68 Å². The Morgan fingerprint density at radius 3 is 2.64 bits per heavy atom. The topological polar surface area (TPSA) is 29.9 Å². The van der Waals surface area contributed by atoms with E-state index in [1.807, 2.05) is 6.92 Å². The van der Waals surface area contributed by atoms with Crippen LogP contribution < -0.4 is 5.32 Å². The van der Waals surface area contributed by atoms with E-state index in [1.165, 1.54) is 0 Å². The zero-order chi connectivity index (χ0) is 10.6. The minimum absolute atomic E-state index is 0.462. The molecule has 1 heterocycles. The summed E-state index contributed by atoms with van der Waals surface area (Å²) in [5.41, 5.74) is 1.09. The highest BCUT2D eigenvalue weighted by Crippen LogP contribution is 2.15. The van der Waals surface area contributed by atoms with Crippen LogP contribution in [-0.2, 0) is 0 Å². The molecule has 3 heteroatoms. The Labute approximate surface area is 86.5 Å². The zero-order valence-corrected chi connectivity index (χ0v) is 9.62. The van der Waals surface area contributed by atoms with Gasteiger partial charge in [-0.25, -0.2) is 0 Å². The SMILES string of the molecule is CCNCC(C(C)C)n1ccc(C)n1. The van der Waals surface area contributed by atoms with Gasteiger partial charge in [-0.05, 0) is 25.5 Å². The van der Waals surface area contributed by atoms with Crippen LogP contribution in [0.3, 0.4) is 0 Å². The van der Waals surface area contributed by atoms with Crippen LogP contribution in [0, 0.1) is 12.8 Å². The van der Waals surface area contributed by atoms with Gasteiger partial charge in [-0.1, -0.05) is 20.8 Å².